The van der Waals surface area contributed by atoms with Crippen LogP contribution in [0.1, 0.15) is 49.9 Å². The van der Waals surface area contributed by atoms with Crippen molar-refractivity contribution in [2.45, 2.75) is 45.1 Å². The van der Waals surface area contributed by atoms with Crippen molar-refractivity contribution in [3.8, 4) is 0 Å². The minimum atomic E-state index is -0.391. The third-order valence-electron chi connectivity index (χ3n) is 3.98. The van der Waals surface area contributed by atoms with Crippen molar-refractivity contribution >= 4 is 17.1 Å². The summed E-state index contributed by atoms with van der Waals surface area (Å²) in [6, 6.07) is 3.53. The average Bonchev–Trinajstić information content (AvgIpc) is 2.91. The van der Waals surface area contributed by atoms with Crippen LogP contribution in [0.4, 0.5) is 0 Å². The van der Waals surface area contributed by atoms with E-state index in [9.17, 15) is 4.79 Å². The Kier molecular flexibility index (Phi) is 4.35. The second kappa shape index (κ2) is 5.78. The highest BCUT2D eigenvalue weighted by Crippen LogP contribution is 2.33. The SMILES string of the molecule is CCC1CCC(C(=O)C(N)c2cccs2)CC1. The Balaban J connectivity index is 1.93. The Labute approximate surface area is 107 Å². The molecule has 1 saturated carbocycles. The molecular formula is C14H21NOS. The molecule has 1 unspecified atom stereocenters. The Bertz CT molecular complexity index is 352. The van der Waals surface area contributed by atoms with Gasteiger partial charge in [-0.05, 0) is 43.0 Å². The van der Waals surface area contributed by atoms with Crippen LogP contribution in [-0.2, 0) is 4.79 Å². The first-order valence-corrected chi connectivity index (χ1v) is 7.43. The number of thiophene rings is 1. The Morgan fingerprint density at radius 1 is 1.47 bits per heavy atom. The molecule has 0 aliphatic heterocycles. The van der Waals surface area contributed by atoms with Gasteiger partial charge >= 0.3 is 0 Å². The number of ketones is 1. The van der Waals surface area contributed by atoms with Crippen LogP contribution in [0.25, 0.3) is 0 Å². The lowest BCUT2D eigenvalue weighted by atomic mass is 9.77. The zero-order valence-electron chi connectivity index (χ0n) is 10.4. The molecule has 17 heavy (non-hydrogen) atoms. The van der Waals surface area contributed by atoms with Crippen molar-refractivity contribution < 1.29 is 4.79 Å². The van der Waals surface area contributed by atoms with Gasteiger partial charge < -0.3 is 5.73 Å². The van der Waals surface area contributed by atoms with Crippen LogP contribution in [-0.4, -0.2) is 5.78 Å². The van der Waals surface area contributed by atoms with Crippen molar-refractivity contribution in [3.63, 3.8) is 0 Å². The van der Waals surface area contributed by atoms with Gasteiger partial charge in [0.2, 0.25) is 0 Å². The molecule has 2 nitrogen and oxygen atoms in total. The molecule has 0 amide bonds. The van der Waals surface area contributed by atoms with Gasteiger partial charge in [0.05, 0.1) is 6.04 Å². The van der Waals surface area contributed by atoms with E-state index in [4.69, 9.17) is 5.73 Å². The van der Waals surface area contributed by atoms with E-state index in [0.29, 0.717) is 0 Å². The van der Waals surface area contributed by atoms with Gasteiger partial charge in [-0.15, -0.1) is 11.3 Å². The lowest BCUT2D eigenvalue weighted by Gasteiger charge is -2.28. The standard InChI is InChI=1S/C14H21NOS/c1-2-10-5-7-11(8-6-10)14(16)13(15)12-4-3-9-17-12/h3-4,9-11,13H,2,5-8,15H2,1H3. The van der Waals surface area contributed by atoms with Crippen LogP contribution in [0.5, 0.6) is 0 Å². The summed E-state index contributed by atoms with van der Waals surface area (Å²) in [4.78, 5) is 13.3. The van der Waals surface area contributed by atoms with E-state index in [1.54, 1.807) is 11.3 Å². The van der Waals surface area contributed by atoms with Gasteiger partial charge in [-0.2, -0.15) is 0 Å². The zero-order chi connectivity index (χ0) is 12.3. The predicted octanol–water partition coefficient (Wildman–Crippen LogP) is 3.53. The Morgan fingerprint density at radius 2 is 2.18 bits per heavy atom. The smallest absolute Gasteiger partial charge is 0.157 e. The molecule has 1 aliphatic carbocycles. The minimum Gasteiger partial charge on any atom is -0.317 e. The van der Waals surface area contributed by atoms with E-state index in [-0.39, 0.29) is 11.7 Å². The number of Topliss-reactive ketones (excluding diaryl/α,β-unsaturated/α-hetero) is 1. The summed E-state index contributed by atoms with van der Waals surface area (Å²) in [5, 5.41) is 1.98. The predicted molar refractivity (Wildman–Crippen MR) is 72.0 cm³/mol. The molecule has 1 fully saturated rings. The van der Waals surface area contributed by atoms with Crippen LogP contribution in [0, 0.1) is 11.8 Å². The summed E-state index contributed by atoms with van der Waals surface area (Å²) in [6.45, 7) is 2.24. The number of nitrogens with two attached hydrogens (primary N) is 1. The molecule has 1 heterocycles. The third kappa shape index (κ3) is 2.96. The van der Waals surface area contributed by atoms with Crippen LogP contribution in [0.15, 0.2) is 17.5 Å². The highest BCUT2D eigenvalue weighted by atomic mass is 32.1. The Morgan fingerprint density at radius 3 is 2.71 bits per heavy atom. The van der Waals surface area contributed by atoms with E-state index >= 15 is 0 Å². The third-order valence-corrected chi connectivity index (χ3v) is 4.94. The van der Waals surface area contributed by atoms with Crippen LogP contribution in [0.2, 0.25) is 0 Å². The quantitative estimate of drug-likeness (QED) is 0.889. The normalized spacial score (nSPS) is 26.7. The molecule has 0 saturated heterocycles. The average molecular weight is 251 g/mol. The summed E-state index contributed by atoms with van der Waals surface area (Å²) in [6.07, 6.45) is 5.72. The van der Waals surface area contributed by atoms with Crippen molar-refractivity contribution in [2.75, 3.05) is 0 Å². The number of hydrogen-bond acceptors (Lipinski definition) is 3. The molecule has 3 heteroatoms. The molecule has 1 aromatic heterocycles. The maximum atomic E-state index is 12.3. The molecular weight excluding hydrogens is 230 g/mol. The summed E-state index contributed by atoms with van der Waals surface area (Å²) in [5.41, 5.74) is 6.04. The first-order chi connectivity index (χ1) is 8.22. The van der Waals surface area contributed by atoms with Gasteiger partial charge in [0.15, 0.2) is 5.78 Å². The number of hydrogen-bond donors (Lipinski definition) is 1. The molecule has 0 radical (unpaired) electrons. The van der Waals surface area contributed by atoms with Crippen LogP contribution in [0.3, 0.4) is 0 Å². The first kappa shape index (κ1) is 12.8. The molecule has 0 bridgehead atoms. The lowest BCUT2D eigenvalue weighted by molar-refractivity contribution is -0.125. The fraction of sp³-hybridized carbons (Fsp3) is 0.643. The lowest BCUT2D eigenvalue weighted by Crippen LogP contribution is -2.30. The van der Waals surface area contributed by atoms with E-state index < -0.39 is 6.04 Å². The molecule has 2 N–H and O–H groups in total. The second-order valence-electron chi connectivity index (χ2n) is 5.02. The maximum Gasteiger partial charge on any atom is 0.157 e. The molecule has 1 atom stereocenters. The maximum absolute atomic E-state index is 12.3. The topological polar surface area (TPSA) is 43.1 Å². The molecule has 2 rings (SSSR count). The van der Waals surface area contributed by atoms with Crippen molar-refractivity contribution in [2.24, 2.45) is 17.6 Å². The van der Waals surface area contributed by atoms with E-state index in [0.717, 1.165) is 23.6 Å². The van der Waals surface area contributed by atoms with Crippen molar-refractivity contribution in [1.82, 2.24) is 0 Å². The number of rotatable bonds is 4. The first-order valence-electron chi connectivity index (χ1n) is 6.55. The van der Waals surface area contributed by atoms with Crippen molar-refractivity contribution in [3.05, 3.63) is 22.4 Å². The van der Waals surface area contributed by atoms with Gasteiger partial charge in [0.1, 0.15) is 0 Å². The summed E-state index contributed by atoms with van der Waals surface area (Å²) >= 11 is 1.58. The van der Waals surface area contributed by atoms with E-state index in [1.165, 1.54) is 19.3 Å². The fourth-order valence-corrected chi connectivity index (χ4v) is 3.45. The highest BCUT2D eigenvalue weighted by molar-refractivity contribution is 7.10. The van der Waals surface area contributed by atoms with Gasteiger partial charge in [0, 0.05) is 10.8 Å². The number of carbonyl (C=O) groups is 1. The highest BCUT2D eigenvalue weighted by Gasteiger charge is 2.29. The molecule has 0 aromatic carbocycles. The fourth-order valence-electron chi connectivity index (χ4n) is 2.72. The van der Waals surface area contributed by atoms with Gasteiger partial charge in [-0.3, -0.25) is 4.79 Å². The molecule has 1 aliphatic rings. The summed E-state index contributed by atoms with van der Waals surface area (Å²) < 4.78 is 0. The minimum absolute atomic E-state index is 0.204. The second-order valence-corrected chi connectivity index (χ2v) is 6.00. The number of carbonyl (C=O) groups excluding carboxylic acids is 1. The van der Waals surface area contributed by atoms with Crippen molar-refractivity contribution in [1.29, 1.82) is 0 Å². The monoisotopic (exact) mass is 251 g/mol. The largest absolute Gasteiger partial charge is 0.317 e. The van der Waals surface area contributed by atoms with E-state index in [1.807, 2.05) is 17.5 Å². The van der Waals surface area contributed by atoms with E-state index in [2.05, 4.69) is 6.92 Å². The molecule has 0 spiro atoms. The summed E-state index contributed by atoms with van der Waals surface area (Å²) in [5.74, 6) is 1.29. The zero-order valence-corrected chi connectivity index (χ0v) is 11.2. The Hall–Kier alpha value is -0.670. The summed E-state index contributed by atoms with van der Waals surface area (Å²) in [7, 11) is 0. The molecule has 94 valence electrons. The van der Waals surface area contributed by atoms with Gasteiger partial charge in [-0.1, -0.05) is 19.4 Å². The van der Waals surface area contributed by atoms with Crippen LogP contribution >= 0.6 is 11.3 Å². The van der Waals surface area contributed by atoms with Gasteiger partial charge in [-0.25, -0.2) is 0 Å². The van der Waals surface area contributed by atoms with Gasteiger partial charge in [0.25, 0.3) is 0 Å². The van der Waals surface area contributed by atoms with Crippen LogP contribution < -0.4 is 5.73 Å². The molecule has 1 aromatic rings.